The number of hydrogen-bond acceptors (Lipinski definition) is 4. The summed E-state index contributed by atoms with van der Waals surface area (Å²) in [6.07, 6.45) is 3.54. The Hall–Kier alpha value is -1.20. The highest BCUT2D eigenvalue weighted by atomic mass is 19.1. The van der Waals surface area contributed by atoms with Gasteiger partial charge in [0.2, 0.25) is 0 Å². The second-order valence-corrected chi connectivity index (χ2v) is 4.47. The fraction of sp³-hybridized carbons (Fsp3) is 0.615. The molecule has 5 heteroatoms. The van der Waals surface area contributed by atoms with Gasteiger partial charge in [-0.1, -0.05) is 0 Å². The maximum Gasteiger partial charge on any atom is 0.142 e. The van der Waals surface area contributed by atoms with E-state index >= 15 is 0 Å². The predicted octanol–water partition coefficient (Wildman–Crippen LogP) is 1.72. The van der Waals surface area contributed by atoms with E-state index < -0.39 is 5.82 Å². The maximum absolute atomic E-state index is 13.1. The molecule has 4 nitrogen and oxygen atoms in total. The van der Waals surface area contributed by atoms with Crippen molar-refractivity contribution in [1.82, 2.24) is 4.98 Å². The van der Waals surface area contributed by atoms with Crippen LogP contribution in [0.2, 0.25) is 0 Å². The minimum absolute atomic E-state index is 0.206. The van der Waals surface area contributed by atoms with E-state index in [-0.39, 0.29) is 12.7 Å². The number of hydrogen-bond donors (Lipinski definition) is 1. The van der Waals surface area contributed by atoms with E-state index in [1.54, 1.807) is 0 Å². The lowest BCUT2D eigenvalue weighted by Gasteiger charge is -2.26. The van der Waals surface area contributed by atoms with E-state index in [4.69, 9.17) is 4.74 Å². The van der Waals surface area contributed by atoms with Gasteiger partial charge in [0.05, 0.1) is 18.9 Å². The average molecular weight is 254 g/mol. The van der Waals surface area contributed by atoms with Crippen molar-refractivity contribution in [3.05, 3.63) is 23.6 Å². The number of aliphatic hydroxyl groups excluding tert-OH is 1. The van der Waals surface area contributed by atoms with Crippen molar-refractivity contribution in [2.75, 3.05) is 24.6 Å². The van der Waals surface area contributed by atoms with Gasteiger partial charge in [0.25, 0.3) is 0 Å². The van der Waals surface area contributed by atoms with Crippen LogP contribution in [0.15, 0.2) is 12.3 Å². The molecule has 0 radical (unpaired) electrons. The van der Waals surface area contributed by atoms with Crippen LogP contribution in [-0.4, -0.2) is 35.9 Å². The van der Waals surface area contributed by atoms with Gasteiger partial charge in [-0.3, -0.25) is 0 Å². The van der Waals surface area contributed by atoms with Crippen LogP contribution in [0.4, 0.5) is 10.2 Å². The molecule has 1 saturated heterocycles. The zero-order valence-corrected chi connectivity index (χ0v) is 10.6. The molecule has 2 rings (SSSR count). The standard InChI is InChI=1S/C13H19FN2O2/c1-2-16(8-12-4-3-5-18-12)13-10(9-17)6-11(14)7-15-13/h6-7,12,17H,2-5,8-9H2,1H3. The molecule has 0 saturated carbocycles. The minimum atomic E-state index is -0.420. The lowest BCUT2D eigenvalue weighted by molar-refractivity contribution is 0.115. The second-order valence-electron chi connectivity index (χ2n) is 4.47. The van der Waals surface area contributed by atoms with Gasteiger partial charge in [0, 0.05) is 25.3 Å². The number of rotatable bonds is 5. The summed E-state index contributed by atoms with van der Waals surface area (Å²) >= 11 is 0. The number of nitrogens with zero attached hydrogens (tertiary/aromatic N) is 2. The lowest BCUT2D eigenvalue weighted by Crippen LogP contribution is -2.33. The number of likely N-dealkylation sites (N-methyl/N-ethyl adjacent to an activating group) is 1. The summed E-state index contributed by atoms with van der Waals surface area (Å²) in [5.74, 6) is 0.230. The van der Waals surface area contributed by atoms with Crippen LogP contribution < -0.4 is 4.90 Å². The first-order chi connectivity index (χ1) is 8.74. The normalized spacial score (nSPS) is 19.2. The van der Waals surface area contributed by atoms with Crippen molar-refractivity contribution in [2.24, 2.45) is 0 Å². The maximum atomic E-state index is 13.1. The molecule has 1 N–H and O–H groups in total. The summed E-state index contributed by atoms with van der Waals surface area (Å²) in [5, 5.41) is 9.28. The van der Waals surface area contributed by atoms with Crippen LogP contribution in [0.5, 0.6) is 0 Å². The van der Waals surface area contributed by atoms with Crippen LogP contribution in [0.25, 0.3) is 0 Å². The molecule has 1 unspecified atom stereocenters. The van der Waals surface area contributed by atoms with Gasteiger partial charge in [-0.25, -0.2) is 9.37 Å². The van der Waals surface area contributed by atoms with Crippen LogP contribution in [-0.2, 0) is 11.3 Å². The molecular weight excluding hydrogens is 235 g/mol. The third-order valence-electron chi connectivity index (χ3n) is 3.21. The van der Waals surface area contributed by atoms with E-state index in [2.05, 4.69) is 4.98 Å². The van der Waals surface area contributed by atoms with Crippen LogP contribution >= 0.6 is 0 Å². The van der Waals surface area contributed by atoms with Gasteiger partial charge in [-0.15, -0.1) is 0 Å². The van der Waals surface area contributed by atoms with E-state index in [9.17, 15) is 9.50 Å². The molecule has 18 heavy (non-hydrogen) atoms. The van der Waals surface area contributed by atoms with Gasteiger partial charge in [0.1, 0.15) is 11.6 Å². The molecule has 1 aliphatic rings. The molecule has 2 heterocycles. The summed E-state index contributed by atoms with van der Waals surface area (Å²) in [4.78, 5) is 6.13. The Labute approximate surface area is 106 Å². The zero-order chi connectivity index (χ0) is 13.0. The van der Waals surface area contributed by atoms with Crippen molar-refractivity contribution >= 4 is 5.82 Å². The van der Waals surface area contributed by atoms with Crippen molar-refractivity contribution in [3.63, 3.8) is 0 Å². The van der Waals surface area contributed by atoms with Crippen molar-refractivity contribution in [1.29, 1.82) is 0 Å². The molecular formula is C13H19FN2O2. The summed E-state index contributed by atoms with van der Waals surface area (Å²) in [7, 11) is 0. The third-order valence-corrected chi connectivity index (χ3v) is 3.21. The number of aromatic nitrogens is 1. The molecule has 1 aromatic heterocycles. The number of halogens is 1. The van der Waals surface area contributed by atoms with Gasteiger partial charge >= 0.3 is 0 Å². The second kappa shape index (κ2) is 6.11. The van der Waals surface area contributed by atoms with E-state index in [1.165, 1.54) is 12.3 Å². The monoisotopic (exact) mass is 254 g/mol. The van der Waals surface area contributed by atoms with E-state index in [0.29, 0.717) is 11.4 Å². The van der Waals surface area contributed by atoms with E-state index in [1.807, 2.05) is 11.8 Å². The number of pyridine rings is 1. The van der Waals surface area contributed by atoms with Crippen molar-refractivity contribution in [2.45, 2.75) is 32.5 Å². The number of ether oxygens (including phenoxy) is 1. The summed E-state index contributed by atoms with van der Waals surface area (Å²) < 4.78 is 18.7. The molecule has 1 aliphatic heterocycles. The molecule has 0 amide bonds. The molecule has 0 aromatic carbocycles. The highest BCUT2D eigenvalue weighted by molar-refractivity contribution is 5.46. The smallest absolute Gasteiger partial charge is 0.142 e. The first-order valence-corrected chi connectivity index (χ1v) is 6.36. The third kappa shape index (κ3) is 2.97. The van der Waals surface area contributed by atoms with Gasteiger partial charge < -0.3 is 14.7 Å². The van der Waals surface area contributed by atoms with Crippen LogP contribution in [0.1, 0.15) is 25.3 Å². The Kier molecular flexibility index (Phi) is 4.49. The molecule has 0 bridgehead atoms. The van der Waals surface area contributed by atoms with Crippen molar-refractivity contribution < 1.29 is 14.2 Å². The quantitative estimate of drug-likeness (QED) is 0.869. The fourth-order valence-electron chi connectivity index (χ4n) is 2.27. The van der Waals surface area contributed by atoms with Gasteiger partial charge in [-0.2, -0.15) is 0 Å². The highest BCUT2D eigenvalue weighted by Gasteiger charge is 2.20. The Bertz CT molecular complexity index is 395. The fourth-order valence-corrected chi connectivity index (χ4v) is 2.27. The molecule has 0 spiro atoms. The highest BCUT2D eigenvalue weighted by Crippen LogP contribution is 2.21. The number of anilines is 1. The van der Waals surface area contributed by atoms with Crippen molar-refractivity contribution in [3.8, 4) is 0 Å². The largest absolute Gasteiger partial charge is 0.392 e. The summed E-state index contributed by atoms with van der Waals surface area (Å²) in [6, 6.07) is 1.33. The molecule has 1 fully saturated rings. The van der Waals surface area contributed by atoms with Gasteiger partial charge in [0.15, 0.2) is 0 Å². The molecule has 1 atom stereocenters. The SMILES string of the molecule is CCN(CC1CCCO1)c1ncc(F)cc1CO. The first-order valence-electron chi connectivity index (χ1n) is 6.36. The predicted molar refractivity (Wildman–Crippen MR) is 67.0 cm³/mol. The molecule has 100 valence electrons. The molecule has 0 aliphatic carbocycles. The van der Waals surface area contributed by atoms with Crippen LogP contribution in [0.3, 0.4) is 0 Å². The summed E-state index contributed by atoms with van der Waals surface area (Å²) in [6.45, 7) is 4.11. The zero-order valence-electron chi connectivity index (χ0n) is 10.6. The summed E-state index contributed by atoms with van der Waals surface area (Å²) in [5.41, 5.74) is 0.523. The topological polar surface area (TPSA) is 45.6 Å². The molecule has 1 aromatic rings. The first kappa shape index (κ1) is 13.2. The van der Waals surface area contributed by atoms with Gasteiger partial charge in [-0.05, 0) is 25.8 Å². The average Bonchev–Trinajstić information content (AvgIpc) is 2.89. The Morgan fingerprint density at radius 3 is 3.06 bits per heavy atom. The van der Waals surface area contributed by atoms with E-state index in [0.717, 1.165) is 32.5 Å². The minimum Gasteiger partial charge on any atom is -0.392 e. The Morgan fingerprint density at radius 2 is 2.44 bits per heavy atom. The van der Waals surface area contributed by atoms with Crippen LogP contribution in [0, 0.1) is 5.82 Å². The number of aliphatic hydroxyl groups is 1. The lowest BCUT2D eigenvalue weighted by atomic mass is 10.2. The Balaban J connectivity index is 2.15. The Morgan fingerprint density at radius 1 is 1.61 bits per heavy atom.